The van der Waals surface area contributed by atoms with Gasteiger partial charge in [-0.3, -0.25) is 4.57 Å². The minimum absolute atomic E-state index is 0.172. The summed E-state index contributed by atoms with van der Waals surface area (Å²) in [6, 6.07) is 8.45. The predicted octanol–water partition coefficient (Wildman–Crippen LogP) is 1.51. The molecule has 3 aromatic rings. The summed E-state index contributed by atoms with van der Waals surface area (Å²) in [6.07, 6.45) is 2.73. The average Bonchev–Trinajstić information content (AvgIpc) is 3.35. The summed E-state index contributed by atoms with van der Waals surface area (Å²) in [5, 5.41) is 14.8. The van der Waals surface area contributed by atoms with Crippen molar-refractivity contribution in [2.45, 2.75) is 25.0 Å². The molecule has 1 N–H and O–H groups in total. The van der Waals surface area contributed by atoms with Crippen LogP contribution in [0.25, 0.3) is 21.9 Å². The van der Waals surface area contributed by atoms with Crippen LogP contribution in [0.5, 0.6) is 5.75 Å². The van der Waals surface area contributed by atoms with Gasteiger partial charge < -0.3 is 10.1 Å². The Morgan fingerprint density at radius 1 is 1.26 bits per heavy atom. The molecule has 172 valence electrons. The van der Waals surface area contributed by atoms with E-state index in [0.29, 0.717) is 33.0 Å². The maximum absolute atomic E-state index is 14.7. The van der Waals surface area contributed by atoms with Crippen molar-refractivity contribution >= 4 is 33.3 Å². The quantitative estimate of drug-likeness (QED) is 0.444. The summed E-state index contributed by atoms with van der Waals surface area (Å²) in [4.78, 5) is 4.53. The second kappa shape index (κ2) is 7.36. The van der Waals surface area contributed by atoms with Crippen LogP contribution in [-0.2, 0) is 23.4 Å². The molecule has 0 amide bonds. The summed E-state index contributed by atoms with van der Waals surface area (Å²) in [5.74, 6) is 1.21. The highest BCUT2D eigenvalue weighted by Gasteiger charge is 2.49. The normalized spacial score (nSPS) is 20.9. The van der Waals surface area contributed by atoms with Crippen molar-refractivity contribution in [2.75, 3.05) is 5.32 Å². The maximum atomic E-state index is 14.7. The molecule has 1 aromatic heterocycles. The molecule has 2 atom stereocenters. The van der Waals surface area contributed by atoms with Gasteiger partial charge in [-0.25, -0.2) is 17.8 Å². The molecular formula is C24H20FN5O3S. The molecule has 0 radical (unpaired) electrons. The Morgan fingerprint density at radius 2 is 2.09 bits per heavy atom. The van der Waals surface area contributed by atoms with E-state index in [1.165, 1.54) is 16.9 Å². The number of anilines is 1. The Morgan fingerprint density at radius 3 is 2.91 bits per heavy atom. The number of benzene rings is 2. The van der Waals surface area contributed by atoms with Crippen LogP contribution in [0.2, 0.25) is 0 Å². The maximum Gasteiger partial charge on any atom is 0.204 e. The predicted molar refractivity (Wildman–Crippen MR) is 126 cm³/mol. The highest BCUT2D eigenvalue weighted by molar-refractivity contribution is 8.06. The lowest BCUT2D eigenvalue weighted by Crippen LogP contribution is -2.26. The van der Waals surface area contributed by atoms with Gasteiger partial charge in [0.1, 0.15) is 17.7 Å². The number of sulfone groups is 1. The molecular weight excluding hydrogens is 457 g/mol. The second-order valence-corrected chi connectivity index (χ2v) is 10.2. The highest BCUT2D eigenvalue weighted by Crippen LogP contribution is 2.55. The minimum Gasteiger partial charge on any atom is -0.489 e. The Kier molecular flexibility index (Phi) is 4.50. The van der Waals surface area contributed by atoms with Gasteiger partial charge in [0.05, 0.1) is 0 Å². The van der Waals surface area contributed by atoms with Crippen molar-refractivity contribution in [2.24, 2.45) is 17.3 Å². The fourth-order valence-electron chi connectivity index (χ4n) is 4.69. The average molecular weight is 478 g/mol. The van der Waals surface area contributed by atoms with Crippen LogP contribution in [-0.4, -0.2) is 30.8 Å². The van der Waals surface area contributed by atoms with Crippen molar-refractivity contribution in [1.29, 1.82) is 0 Å². The van der Waals surface area contributed by atoms with E-state index in [9.17, 15) is 12.8 Å². The van der Waals surface area contributed by atoms with Crippen LogP contribution in [0.15, 0.2) is 46.7 Å². The van der Waals surface area contributed by atoms with E-state index in [-0.39, 0.29) is 24.4 Å². The Balaban J connectivity index is 1.38. The number of nitrogens with one attached hydrogen (secondary N) is 1. The van der Waals surface area contributed by atoms with Gasteiger partial charge in [-0.05, 0) is 40.6 Å². The number of ether oxygens (including phenoxy) is 1. The van der Waals surface area contributed by atoms with Gasteiger partial charge in [-0.1, -0.05) is 12.1 Å². The molecule has 34 heavy (non-hydrogen) atoms. The van der Waals surface area contributed by atoms with E-state index >= 15 is 0 Å². The van der Waals surface area contributed by atoms with E-state index in [1.54, 1.807) is 36.0 Å². The van der Waals surface area contributed by atoms with E-state index < -0.39 is 9.84 Å². The van der Waals surface area contributed by atoms with Crippen LogP contribution in [0.4, 0.5) is 10.3 Å². The number of hydrogen-bond acceptors (Lipinski definition) is 7. The van der Waals surface area contributed by atoms with Crippen molar-refractivity contribution in [1.82, 2.24) is 9.55 Å². The molecule has 6 rings (SSSR count). The molecule has 10 heteroatoms. The van der Waals surface area contributed by atoms with Gasteiger partial charge in [-0.15, -0.1) is 5.10 Å². The van der Waals surface area contributed by atoms with Crippen molar-refractivity contribution in [3.8, 4) is 16.9 Å². The van der Waals surface area contributed by atoms with Crippen molar-refractivity contribution in [3.63, 3.8) is 0 Å². The van der Waals surface area contributed by atoms with Gasteiger partial charge in [0.25, 0.3) is 0 Å². The Bertz CT molecular complexity index is 1690. The summed E-state index contributed by atoms with van der Waals surface area (Å²) < 4.78 is 46.0. The van der Waals surface area contributed by atoms with Crippen LogP contribution in [0.1, 0.15) is 23.5 Å². The third-order valence-electron chi connectivity index (χ3n) is 6.40. The molecule has 1 saturated carbocycles. The molecule has 0 spiro atoms. The summed E-state index contributed by atoms with van der Waals surface area (Å²) in [6.45, 7) is 3.71. The molecule has 2 aromatic carbocycles. The standard InChI is InChI=1S/C24H20FN5O3S/c1-26-29-23-17(13-3-4-14-11-34(31,32)12-15(14)7-13)9-27-24(30(23)2)28-10-18-19(25)5-6-20-22(18)16-8-21(16)33-20/h3-7,9,11-12,16,21H,1,8,10H2,2H3,(H,27,28)/b29-23-/t16-,21+/m0/s1. The molecule has 3 aliphatic rings. The van der Waals surface area contributed by atoms with Crippen LogP contribution in [0, 0.1) is 5.82 Å². The van der Waals surface area contributed by atoms with E-state index in [0.717, 1.165) is 23.3 Å². The third kappa shape index (κ3) is 3.33. The first kappa shape index (κ1) is 20.8. The number of fused-ring (bicyclic) bond motifs is 4. The first-order valence-corrected chi connectivity index (χ1v) is 12.3. The molecule has 1 fully saturated rings. The summed E-state index contributed by atoms with van der Waals surface area (Å²) in [5.41, 5.74) is 3.39. The van der Waals surface area contributed by atoms with Crippen LogP contribution < -0.4 is 26.0 Å². The molecule has 0 bridgehead atoms. The van der Waals surface area contributed by atoms with Crippen molar-refractivity contribution in [3.05, 3.63) is 69.4 Å². The lowest BCUT2D eigenvalue weighted by Gasteiger charge is -2.15. The van der Waals surface area contributed by atoms with Crippen LogP contribution >= 0.6 is 0 Å². The molecule has 1 aliphatic carbocycles. The molecule has 3 heterocycles. The number of hydrogen-bond donors (Lipinski definition) is 1. The van der Waals surface area contributed by atoms with Gasteiger partial charge in [-0.2, -0.15) is 5.10 Å². The van der Waals surface area contributed by atoms with Gasteiger partial charge in [0.15, 0.2) is 15.3 Å². The molecule has 0 saturated heterocycles. The molecule has 2 aliphatic heterocycles. The SMILES string of the molecule is C=N/N=c1/c(-c2ccc3c(c2)=CS(=O)(=O)C=3)cnc(NCc2c(F)ccc3c2[C@H]2C[C@H]2O3)n1C. The minimum atomic E-state index is -3.35. The first-order chi connectivity index (χ1) is 16.3. The summed E-state index contributed by atoms with van der Waals surface area (Å²) in [7, 11) is -1.58. The Hall–Kier alpha value is -3.79. The van der Waals surface area contributed by atoms with Gasteiger partial charge in [0, 0.05) is 59.9 Å². The number of nitrogens with zero attached hydrogens (tertiary/aromatic N) is 4. The largest absolute Gasteiger partial charge is 0.489 e. The second-order valence-electron chi connectivity index (χ2n) is 8.58. The van der Waals surface area contributed by atoms with E-state index in [1.807, 2.05) is 6.07 Å². The molecule has 8 nitrogen and oxygen atoms in total. The lowest BCUT2D eigenvalue weighted by molar-refractivity contribution is 0.318. The van der Waals surface area contributed by atoms with E-state index in [2.05, 4.69) is 27.2 Å². The Labute approximate surface area is 194 Å². The van der Waals surface area contributed by atoms with Crippen molar-refractivity contribution < 1.29 is 17.5 Å². The zero-order chi connectivity index (χ0) is 23.6. The monoisotopic (exact) mass is 477 g/mol. The van der Waals surface area contributed by atoms with Gasteiger partial charge in [0.2, 0.25) is 5.95 Å². The smallest absolute Gasteiger partial charge is 0.204 e. The van der Waals surface area contributed by atoms with Crippen LogP contribution in [0.3, 0.4) is 0 Å². The number of rotatable bonds is 5. The lowest BCUT2D eigenvalue weighted by atomic mass is 10.0. The highest BCUT2D eigenvalue weighted by atomic mass is 32.2. The third-order valence-corrected chi connectivity index (χ3v) is 7.57. The summed E-state index contributed by atoms with van der Waals surface area (Å²) >= 11 is 0. The zero-order valence-corrected chi connectivity index (χ0v) is 19.0. The van der Waals surface area contributed by atoms with E-state index in [4.69, 9.17) is 4.74 Å². The first-order valence-electron chi connectivity index (χ1n) is 10.7. The number of halogens is 1. The molecule has 0 unspecified atom stereocenters. The number of aromatic nitrogens is 2. The topological polar surface area (TPSA) is 97.9 Å². The fraction of sp³-hybridized carbons (Fsp3) is 0.208. The van der Waals surface area contributed by atoms with Gasteiger partial charge >= 0.3 is 0 Å². The fourth-order valence-corrected chi connectivity index (χ4v) is 5.88. The zero-order valence-electron chi connectivity index (χ0n) is 18.2.